The van der Waals surface area contributed by atoms with Crippen LogP contribution in [0.5, 0.6) is 0 Å². The van der Waals surface area contributed by atoms with Crippen molar-refractivity contribution in [3.63, 3.8) is 0 Å². The van der Waals surface area contributed by atoms with Gasteiger partial charge in [0.25, 0.3) is 0 Å². The van der Waals surface area contributed by atoms with E-state index < -0.39 is 0 Å². The second-order valence-electron chi connectivity index (χ2n) is 6.11. The number of carbonyl (C=O) groups is 1. The molecule has 0 spiro atoms. The summed E-state index contributed by atoms with van der Waals surface area (Å²) in [7, 11) is 1.81. The first-order chi connectivity index (χ1) is 11.6. The number of urea groups is 1. The van der Waals surface area contributed by atoms with Crippen LogP contribution in [-0.2, 0) is 11.3 Å². The molecule has 0 bridgehead atoms. The molecule has 1 saturated heterocycles. The molecule has 1 aliphatic heterocycles. The molecular weight excluding hydrogens is 322 g/mol. The van der Waals surface area contributed by atoms with Crippen LogP contribution in [0.2, 0.25) is 0 Å². The quantitative estimate of drug-likeness (QED) is 0.902. The van der Waals surface area contributed by atoms with E-state index in [1.54, 1.807) is 16.2 Å². The van der Waals surface area contributed by atoms with Crippen molar-refractivity contribution in [3.8, 4) is 0 Å². The Kier molecular flexibility index (Phi) is 5.48. The number of hydrogen-bond donors (Lipinski definition) is 1. The van der Waals surface area contributed by atoms with Gasteiger partial charge in [-0.1, -0.05) is 30.3 Å². The maximum absolute atomic E-state index is 12.7. The van der Waals surface area contributed by atoms with Crippen LogP contribution in [0.25, 0.3) is 0 Å². The lowest BCUT2D eigenvalue weighted by Gasteiger charge is -2.27. The Morgan fingerprint density at radius 3 is 2.88 bits per heavy atom. The van der Waals surface area contributed by atoms with E-state index in [4.69, 9.17) is 4.74 Å². The summed E-state index contributed by atoms with van der Waals surface area (Å²) in [5.74, 6) is 0. The Labute approximate surface area is 146 Å². The third kappa shape index (κ3) is 3.94. The summed E-state index contributed by atoms with van der Waals surface area (Å²) in [6.07, 6.45) is 2.05. The van der Waals surface area contributed by atoms with Gasteiger partial charge in [0.05, 0.1) is 29.9 Å². The minimum Gasteiger partial charge on any atom is -0.376 e. The summed E-state index contributed by atoms with van der Waals surface area (Å²) in [6, 6.07) is 9.84. The van der Waals surface area contributed by atoms with E-state index in [2.05, 4.69) is 10.3 Å². The molecule has 2 aromatic rings. The highest BCUT2D eigenvalue weighted by molar-refractivity contribution is 7.09. The second kappa shape index (κ2) is 7.77. The normalized spacial score (nSPS) is 18.3. The number of amides is 2. The van der Waals surface area contributed by atoms with Crippen molar-refractivity contribution in [2.24, 2.45) is 0 Å². The fourth-order valence-electron chi connectivity index (χ4n) is 2.93. The topological polar surface area (TPSA) is 54.5 Å². The average Bonchev–Trinajstić information content (AvgIpc) is 3.26. The summed E-state index contributed by atoms with van der Waals surface area (Å²) < 4.78 is 5.83. The first kappa shape index (κ1) is 16.9. The predicted octanol–water partition coefficient (Wildman–Crippen LogP) is 3.51. The van der Waals surface area contributed by atoms with Gasteiger partial charge in [0.15, 0.2) is 0 Å². The summed E-state index contributed by atoms with van der Waals surface area (Å²) >= 11 is 1.58. The third-order valence-electron chi connectivity index (χ3n) is 4.35. The van der Waals surface area contributed by atoms with Crippen molar-refractivity contribution in [3.05, 3.63) is 52.0 Å². The van der Waals surface area contributed by atoms with Gasteiger partial charge < -0.3 is 15.0 Å². The van der Waals surface area contributed by atoms with Crippen molar-refractivity contribution in [2.45, 2.75) is 38.5 Å². The molecule has 2 amide bonds. The molecule has 24 heavy (non-hydrogen) atoms. The highest BCUT2D eigenvalue weighted by Crippen LogP contribution is 2.27. The number of aromatic nitrogens is 1. The van der Waals surface area contributed by atoms with Crippen LogP contribution in [0.4, 0.5) is 4.79 Å². The summed E-state index contributed by atoms with van der Waals surface area (Å²) in [4.78, 5) is 19.7. The van der Waals surface area contributed by atoms with Crippen molar-refractivity contribution < 1.29 is 9.53 Å². The fourth-order valence-corrected chi connectivity index (χ4v) is 3.75. The summed E-state index contributed by atoms with van der Waals surface area (Å²) in [6.45, 7) is 3.30. The minimum atomic E-state index is -0.119. The molecule has 5 nitrogen and oxygen atoms in total. The van der Waals surface area contributed by atoms with Gasteiger partial charge in [0, 0.05) is 18.5 Å². The first-order valence-electron chi connectivity index (χ1n) is 8.22. The van der Waals surface area contributed by atoms with Crippen LogP contribution in [0.15, 0.2) is 35.8 Å². The Morgan fingerprint density at radius 1 is 1.46 bits per heavy atom. The lowest BCUT2D eigenvalue weighted by molar-refractivity contribution is 0.0785. The van der Waals surface area contributed by atoms with Crippen LogP contribution >= 0.6 is 11.3 Å². The van der Waals surface area contributed by atoms with E-state index in [1.807, 2.05) is 49.8 Å². The number of aryl methyl sites for hydroxylation is 1. The summed E-state index contributed by atoms with van der Waals surface area (Å²) in [5, 5.41) is 3.15. The van der Waals surface area contributed by atoms with Crippen molar-refractivity contribution in [1.29, 1.82) is 0 Å². The molecule has 0 unspecified atom stereocenters. The molecule has 2 atom stereocenters. The molecule has 1 aromatic heterocycles. The maximum Gasteiger partial charge on any atom is 0.318 e. The Bertz CT molecular complexity index is 668. The van der Waals surface area contributed by atoms with Crippen LogP contribution in [0, 0.1) is 6.92 Å². The van der Waals surface area contributed by atoms with Crippen molar-refractivity contribution >= 4 is 17.4 Å². The van der Waals surface area contributed by atoms with Crippen LogP contribution < -0.4 is 5.32 Å². The molecule has 1 aliphatic rings. The largest absolute Gasteiger partial charge is 0.376 e. The summed E-state index contributed by atoms with van der Waals surface area (Å²) in [5.41, 5.74) is 3.88. The number of benzene rings is 1. The van der Waals surface area contributed by atoms with E-state index in [0.29, 0.717) is 6.54 Å². The van der Waals surface area contributed by atoms with Crippen molar-refractivity contribution in [1.82, 2.24) is 15.2 Å². The number of nitrogens with zero attached hydrogens (tertiary/aromatic N) is 2. The fraction of sp³-hybridized carbons (Fsp3) is 0.444. The Hall–Kier alpha value is -1.92. The highest BCUT2D eigenvalue weighted by atomic mass is 32.1. The zero-order chi connectivity index (χ0) is 16.9. The van der Waals surface area contributed by atoms with E-state index in [9.17, 15) is 4.79 Å². The van der Waals surface area contributed by atoms with Gasteiger partial charge in [0.2, 0.25) is 0 Å². The molecule has 0 saturated carbocycles. The van der Waals surface area contributed by atoms with Crippen LogP contribution in [0.3, 0.4) is 0 Å². The molecular formula is C18H23N3O2S. The molecule has 1 N–H and O–H groups in total. The second-order valence-corrected chi connectivity index (χ2v) is 7.05. The lowest BCUT2D eigenvalue weighted by Crippen LogP contribution is -2.42. The van der Waals surface area contributed by atoms with Gasteiger partial charge in [-0.3, -0.25) is 0 Å². The lowest BCUT2D eigenvalue weighted by atomic mass is 9.99. The van der Waals surface area contributed by atoms with Crippen LogP contribution in [-0.4, -0.2) is 35.7 Å². The van der Waals surface area contributed by atoms with E-state index in [0.717, 1.165) is 35.6 Å². The van der Waals surface area contributed by atoms with Gasteiger partial charge in [-0.2, -0.15) is 0 Å². The molecule has 3 rings (SSSR count). The number of thiazole rings is 1. The van der Waals surface area contributed by atoms with Gasteiger partial charge >= 0.3 is 6.03 Å². The van der Waals surface area contributed by atoms with E-state index in [1.165, 1.54) is 0 Å². The van der Waals surface area contributed by atoms with Gasteiger partial charge in [-0.25, -0.2) is 9.78 Å². The maximum atomic E-state index is 12.7. The monoisotopic (exact) mass is 345 g/mol. The number of ether oxygens (including phenoxy) is 1. The molecule has 0 aliphatic carbocycles. The molecule has 6 heteroatoms. The van der Waals surface area contributed by atoms with E-state index in [-0.39, 0.29) is 18.2 Å². The zero-order valence-electron chi connectivity index (χ0n) is 14.1. The molecule has 128 valence electrons. The van der Waals surface area contributed by atoms with Gasteiger partial charge in [-0.15, -0.1) is 11.3 Å². The SMILES string of the molecule is Cc1ncsc1CN(C)C(=O)N[C@H](c1ccccc1)[C@@H]1CCCO1. The number of rotatable bonds is 5. The third-order valence-corrected chi connectivity index (χ3v) is 5.27. The smallest absolute Gasteiger partial charge is 0.318 e. The minimum absolute atomic E-state index is 0.0369. The average molecular weight is 345 g/mol. The Morgan fingerprint density at radius 2 is 2.25 bits per heavy atom. The standard InChI is InChI=1S/C18H23N3O2S/c1-13-16(24-12-19-13)11-21(2)18(22)20-17(15-9-6-10-23-15)14-7-4-3-5-8-14/h3-5,7-8,12,15,17H,6,9-11H2,1-2H3,(H,20,22)/t15-,17+/m0/s1. The molecule has 1 aromatic carbocycles. The van der Waals surface area contributed by atoms with E-state index >= 15 is 0 Å². The highest BCUT2D eigenvalue weighted by Gasteiger charge is 2.29. The number of nitrogens with one attached hydrogen (secondary N) is 1. The first-order valence-corrected chi connectivity index (χ1v) is 9.10. The Balaban J connectivity index is 1.69. The number of carbonyl (C=O) groups excluding carboxylic acids is 1. The molecule has 2 heterocycles. The molecule has 0 radical (unpaired) electrons. The van der Waals surface area contributed by atoms with Gasteiger partial charge in [-0.05, 0) is 25.3 Å². The zero-order valence-corrected chi connectivity index (χ0v) is 14.9. The van der Waals surface area contributed by atoms with Crippen LogP contribution in [0.1, 0.15) is 35.0 Å². The predicted molar refractivity (Wildman–Crippen MR) is 95.0 cm³/mol. The van der Waals surface area contributed by atoms with Crippen molar-refractivity contribution in [2.75, 3.05) is 13.7 Å². The number of hydrogen-bond acceptors (Lipinski definition) is 4. The molecule has 1 fully saturated rings. The van der Waals surface area contributed by atoms with Gasteiger partial charge in [0.1, 0.15) is 0 Å².